The second-order valence-electron chi connectivity index (χ2n) is 19.3. The van der Waals surface area contributed by atoms with Crippen molar-refractivity contribution in [2.24, 2.45) is 0 Å². The molecular weight excluding hydrogens is 968 g/mol. The second-order valence-corrected chi connectivity index (χ2v) is 19.3. The third-order valence-electron chi connectivity index (χ3n) is 12.2. The fraction of sp³-hybridized carbons (Fsp3) is 0.400. The number of nitrogens with one attached hydrogen (secondary N) is 6. The molecule has 2 atom stereocenters. The van der Waals surface area contributed by atoms with Crippen molar-refractivity contribution >= 4 is 85.8 Å². The highest BCUT2D eigenvalue weighted by Gasteiger charge is 2.30. The SMILES string of the molecule is CC(C)(CCOC(C)(C)CCNC(=O)C(CCCCNC(=O)c1ccc(B(O)O)cc1)NC(=O)c1ccc(B(O)O)cc1)NC(=O)C(CCCCNC(=O)c1ccc(B(O)O)cc1)NC(=O)c1ccc(B(O)O)cc1. The van der Waals surface area contributed by atoms with Crippen molar-refractivity contribution in [3.8, 4) is 0 Å². The van der Waals surface area contributed by atoms with Crippen LogP contribution >= 0.6 is 0 Å². The van der Waals surface area contributed by atoms with Crippen molar-refractivity contribution in [1.82, 2.24) is 31.9 Å². The zero-order chi connectivity index (χ0) is 55.3. The number of unbranched alkanes of at least 4 members (excludes halogenated alkanes) is 2. The first-order valence-electron chi connectivity index (χ1n) is 24.7. The maximum absolute atomic E-state index is 13.9. The molecule has 0 spiro atoms. The Morgan fingerprint density at radius 2 is 0.773 bits per heavy atom. The summed E-state index contributed by atoms with van der Waals surface area (Å²) in [6, 6.07) is 20.8. The van der Waals surface area contributed by atoms with E-state index in [-0.39, 0.29) is 83.9 Å². The second kappa shape index (κ2) is 29.6. The molecule has 0 fully saturated rings. The summed E-state index contributed by atoms with van der Waals surface area (Å²) >= 11 is 0. The number of benzene rings is 4. The van der Waals surface area contributed by atoms with Gasteiger partial charge in [-0.1, -0.05) is 48.5 Å². The summed E-state index contributed by atoms with van der Waals surface area (Å²) in [6.45, 7) is 8.17. The number of hydrogen-bond acceptors (Lipinski definition) is 15. The van der Waals surface area contributed by atoms with E-state index in [1.54, 1.807) is 13.8 Å². The van der Waals surface area contributed by atoms with Crippen LogP contribution in [0.1, 0.15) is 120 Å². The van der Waals surface area contributed by atoms with Gasteiger partial charge in [-0.05, 0) is 149 Å². The average Bonchev–Trinajstić information content (AvgIpc) is 3.37. The van der Waals surface area contributed by atoms with Gasteiger partial charge in [0, 0.05) is 54.0 Å². The Labute approximate surface area is 437 Å². The van der Waals surface area contributed by atoms with E-state index >= 15 is 0 Å². The molecule has 0 saturated carbocycles. The highest BCUT2D eigenvalue weighted by atomic mass is 16.5. The van der Waals surface area contributed by atoms with Gasteiger partial charge >= 0.3 is 28.5 Å². The molecular formula is C50H68B4N6O15. The van der Waals surface area contributed by atoms with E-state index in [0.717, 1.165) is 0 Å². The largest absolute Gasteiger partial charge is 0.488 e. The molecule has 21 nitrogen and oxygen atoms in total. The van der Waals surface area contributed by atoms with E-state index in [1.165, 1.54) is 97.1 Å². The molecule has 2 unspecified atom stereocenters. The molecule has 4 aromatic rings. The molecule has 6 amide bonds. The molecule has 0 aliphatic heterocycles. The van der Waals surface area contributed by atoms with Gasteiger partial charge in [0.25, 0.3) is 23.6 Å². The van der Waals surface area contributed by atoms with E-state index in [9.17, 15) is 69.0 Å². The maximum Gasteiger partial charge on any atom is 0.488 e. The van der Waals surface area contributed by atoms with Crippen LogP contribution in [0.25, 0.3) is 0 Å². The third kappa shape index (κ3) is 21.0. The lowest BCUT2D eigenvalue weighted by molar-refractivity contribution is -0.125. The Kier molecular flexibility index (Phi) is 24.2. The van der Waals surface area contributed by atoms with Gasteiger partial charge in [-0.2, -0.15) is 0 Å². The molecule has 0 aliphatic carbocycles. The zero-order valence-corrected chi connectivity index (χ0v) is 42.6. The Hall–Kier alpha value is -6.40. The predicted octanol–water partition coefficient (Wildman–Crippen LogP) is -2.91. The smallest absolute Gasteiger partial charge is 0.423 e. The summed E-state index contributed by atoms with van der Waals surface area (Å²) in [5.41, 5.74) is 0.270. The number of rotatable bonds is 30. The van der Waals surface area contributed by atoms with Crippen LogP contribution in [-0.2, 0) is 14.3 Å². The summed E-state index contributed by atoms with van der Waals surface area (Å²) in [7, 11) is -6.78. The van der Waals surface area contributed by atoms with E-state index in [1.807, 2.05) is 13.8 Å². The first-order chi connectivity index (χ1) is 35.4. The van der Waals surface area contributed by atoms with Gasteiger partial charge in [-0.15, -0.1) is 0 Å². The van der Waals surface area contributed by atoms with Gasteiger partial charge in [0.15, 0.2) is 0 Å². The lowest BCUT2D eigenvalue weighted by atomic mass is 9.80. The summed E-state index contributed by atoms with van der Waals surface area (Å²) in [5, 5.41) is 92.2. The fourth-order valence-corrected chi connectivity index (χ4v) is 7.55. The van der Waals surface area contributed by atoms with Gasteiger partial charge in [0.05, 0.1) is 5.60 Å². The van der Waals surface area contributed by atoms with Crippen LogP contribution in [0, 0.1) is 0 Å². The quantitative estimate of drug-likeness (QED) is 0.0184. The van der Waals surface area contributed by atoms with E-state index in [2.05, 4.69) is 31.9 Å². The maximum atomic E-state index is 13.9. The fourth-order valence-electron chi connectivity index (χ4n) is 7.55. The Balaban J connectivity index is 1.29. The van der Waals surface area contributed by atoms with Crippen LogP contribution in [0.15, 0.2) is 97.1 Å². The number of carbonyl (C=O) groups excluding carboxylic acids is 6. The summed E-state index contributed by atoms with van der Waals surface area (Å²) in [5.74, 6) is -2.79. The highest BCUT2D eigenvalue weighted by Crippen LogP contribution is 2.18. The van der Waals surface area contributed by atoms with Gasteiger partial charge in [-0.3, -0.25) is 28.8 Å². The van der Waals surface area contributed by atoms with Crippen molar-refractivity contribution in [3.05, 3.63) is 119 Å². The normalized spacial score (nSPS) is 12.1. The molecule has 4 rings (SSSR count). The van der Waals surface area contributed by atoms with Crippen molar-refractivity contribution < 1.29 is 73.7 Å². The molecule has 400 valence electrons. The molecule has 14 N–H and O–H groups in total. The molecule has 75 heavy (non-hydrogen) atoms. The van der Waals surface area contributed by atoms with Crippen LogP contribution in [0.4, 0.5) is 0 Å². The number of ether oxygens (including phenoxy) is 1. The van der Waals surface area contributed by atoms with E-state index < -0.39 is 75.3 Å². The van der Waals surface area contributed by atoms with Crippen LogP contribution in [0.3, 0.4) is 0 Å². The van der Waals surface area contributed by atoms with Crippen molar-refractivity contribution in [2.45, 2.75) is 102 Å². The minimum absolute atomic E-state index is 0.167. The highest BCUT2D eigenvalue weighted by molar-refractivity contribution is 6.59. The Bertz CT molecular complexity index is 2480. The lowest BCUT2D eigenvalue weighted by Crippen LogP contribution is -2.53. The summed E-state index contributed by atoms with van der Waals surface area (Å²) in [4.78, 5) is 79.4. The van der Waals surface area contributed by atoms with Crippen LogP contribution < -0.4 is 53.8 Å². The third-order valence-corrected chi connectivity index (χ3v) is 12.2. The number of hydrogen-bond donors (Lipinski definition) is 14. The average molecular weight is 1040 g/mol. The standard InChI is InChI=1S/C50H68B4N6O15/c1-49(2,60-48(66)42(59-46(64)36-17-25-40(26-18-36)54(73)74)10-6-8-30-56-44(62)34-13-21-38(22-14-34)52(69)70)28-32-75-50(3,4)27-31-57-47(65)41(58-45(63)35-15-23-39(24-16-35)53(71)72)9-5-7-29-55-43(61)33-11-19-37(20-12-33)51(67)68/h11-26,41-42,67-74H,5-10,27-32H2,1-4H3,(H,55,61)(H,56,62)(H,57,65)(H,58,63)(H,59,64)(H,60,66). The van der Waals surface area contributed by atoms with Crippen molar-refractivity contribution in [1.29, 1.82) is 0 Å². The minimum Gasteiger partial charge on any atom is -0.423 e. The molecule has 0 radical (unpaired) electrons. The number of amides is 6. The van der Waals surface area contributed by atoms with Gasteiger partial charge in [0.2, 0.25) is 11.8 Å². The van der Waals surface area contributed by atoms with Gasteiger partial charge in [0.1, 0.15) is 12.1 Å². The summed E-state index contributed by atoms with van der Waals surface area (Å²) in [6.07, 6.45) is 2.89. The first-order valence-corrected chi connectivity index (χ1v) is 24.7. The molecule has 0 aliphatic rings. The predicted molar refractivity (Wildman–Crippen MR) is 284 cm³/mol. The van der Waals surface area contributed by atoms with Crippen LogP contribution in [0.5, 0.6) is 0 Å². The first kappa shape index (κ1) is 61.1. The van der Waals surface area contributed by atoms with Crippen molar-refractivity contribution in [2.75, 3.05) is 26.2 Å². The number of carbonyl (C=O) groups is 6. The van der Waals surface area contributed by atoms with E-state index in [4.69, 9.17) is 4.74 Å². The van der Waals surface area contributed by atoms with Gasteiger partial charge < -0.3 is 76.8 Å². The Morgan fingerprint density at radius 1 is 0.440 bits per heavy atom. The molecule has 0 heterocycles. The minimum atomic E-state index is -1.73. The molecule has 4 aromatic carbocycles. The van der Waals surface area contributed by atoms with Gasteiger partial charge in [-0.25, -0.2) is 0 Å². The summed E-state index contributed by atoms with van der Waals surface area (Å²) < 4.78 is 6.24. The lowest BCUT2D eigenvalue weighted by Gasteiger charge is -2.32. The van der Waals surface area contributed by atoms with Crippen LogP contribution in [-0.4, -0.2) is 154 Å². The molecule has 0 saturated heterocycles. The Morgan fingerprint density at radius 3 is 1.12 bits per heavy atom. The zero-order valence-electron chi connectivity index (χ0n) is 42.6. The molecule has 25 heteroatoms. The molecule has 0 bridgehead atoms. The van der Waals surface area contributed by atoms with Crippen LogP contribution in [0.2, 0.25) is 0 Å². The molecule has 0 aromatic heterocycles. The monoisotopic (exact) mass is 1040 g/mol. The van der Waals surface area contributed by atoms with Crippen molar-refractivity contribution in [3.63, 3.8) is 0 Å². The topological polar surface area (TPSA) is 346 Å². The van der Waals surface area contributed by atoms with E-state index in [0.29, 0.717) is 49.7 Å².